The predicted molar refractivity (Wildman–Crippen MR) is 78.2 cm³/mol. The molecule has 0 aliphatic heterocycles. The monoisotopic (exact) mass is 300 g/mol. The highest BCUT2D eigenvalue weighted by Gasteiger charge is 2.19. The lowest BCUT2D eigenvalue weighted by atomic mass is 10.2. The Labute approximate surface area is 120 Å². The van der Waals surface area contributed by atoms with Gasteiger partial charge in [-0.2, -0.15) is 5.10 Å². The van der Waals surface area contributed by atoms with E-state index in [1.54, 1.807) is 6.92 Å². The van der Waals surface area contributed by atoms with Gasteiger partial charge in [0.15, 0.2) is 5.69 Å². The maximum atomic E-state index is 11.9. The highest BCUT2D eigenvalue weighted by atomic mass is 28.3. The number of carbonyl (C=O) groups excluding carboxylic acids is 1. The minimum Gasteiger partial charge on any atom is -0.461 e. The molecule has 0 aliphatic rings. The van der Waals surface area contributed by atoms with Gasteiger partial charge in [-0.3, -0.25) is 0 Å². The van der Waals surface area contributed by atoms with Gasteiger partial charge in [0, 0.05) is 20.2 Å². The van der Waals surface area contributed by atoms with E-state index < -0.39 is 14.0 Å². The standard InChI is InChI=1S/C13H24N2O4Si/c1-5-19-13(17)12-11(9-16)8-14-15(12)10-18-6-7-20(2,3)4/h8,16H,5-7,9-10H2,1-4H3. The molecular formula is C13H24N2O4Si. The lowest BCUT2D eigenvalue weighted by Gasteiger charge is -2.15. The van der Waals surface area contributed by atoms with Gasteiger partial charge in [0.05, 0.1) is 19.4 Å². The fourth-order valence-electron chi connectivity index (χ4n) is 1.60. The van der Waals surface area contributed by atoms with Gasteiger partial charge in [0.25, 0.3) is 0 Å². The first kappa shape index (κ1) is 16.9. The summed E-state index contributed by atoms with van der Waals surface area (Å²) >= 11 is 0. The summed E-state index contributed by atoms with van der Waals surface area (Å²) in [5.74, 6) is -0.483. The Bertz CT molecular complexity index is 440. The molecule has 0 atom stereocenters. The summed E-state index contributed by atoms with van der Waals surface area (Å²) in [5.41, 5.74) is 0.722. The van der Waals surface area contributed by atoms with Gasteiger partial charge in [0.2, 0.25) is 0 Å². The largest absolute Gasteiger partial charge is 0.461 e. The van der Waals surface area contributed by atoms with E-state index in [0.29, 0.717) is 12.2 Å². The summed E-state index contributed by atoms with van der Waals surface area (Å²) in [6.45, 7) is 9.44. The minimum atomic E-state index is -1.13. The molecule has 0 saturated heterocycles. The maximum absolute atomic E-state index is 11.9. The number of hydrogen-bond donors (Lipinski definition) is 1. The van der Waals surface area contributed by atoms with Crippen molar-refractivity contribution < 1.29 is 19.4 Å². The summed E-state index contributed by atoms with van der Waals surface area (Å²) in [7, 11) is -1.13. The zero-order valence-corrected chi connectivity index (χ0v) is 13.7. The van der Waals surface area contributed by atoms with Crippen molar-refractivity contribution in [1.29, 1.82) is 0 Å². The van der Waals surface area contributed by atoms with E-state index in [-0.39, 0.29) is 25.6 Å². The van der Waals surface area contributed by atoms with E-state index in [1.807, 2.05) is 0 Å². The summed E-state index contributed by atoms with van der Waals surface area (Å²) < 4.78 is 12.0. The van der Waals surface area contributed by atoms with Gasteiger partial charge < -0.3 is 14.6 Å². The van der Waals surface area contributed by atoms with Gasteiger partial charge >= 0.3 is 5.97 Å². The van der Waals surface area contributed by atoms with Crippen LogP contribution in [0.15, 0.2) is 6.20 Å². The molecule has 0 fully saturated rings. The summed E-state index contributed by atoms with van der Waals surface area (Å²) in [6, 6.07) is 1.05. The zero-order valence-electron chi connectivity index (χ0n) is 12.7. The number of aliphatic hydroxyl groups is 1. The Hall–Kier alpha value is -1.18. The van der Waals surface area contributed by atoms with E-state index in [0.717, 1.165) is 6.04 Å². The molecule has 7 heteroatoms. The molecule has 1 rings (SSSR count). The van der Waals surface area contributed by atoms with E-state index in [1.165, 1.54) is 10.9 Å². The molecule has 0 bridgehead atoms. The summed E-state index contributed by atoms with van der Waals surface area (Å²) in [4.78, 5) is 11.9. The number of carbonyl (C=O) groups is 1. The van der Waals surface area contributed by atoms with Crippen LogP contribution in [0, 0.1) is 0 Å². The van der Waals surface area contributed by atoms with Gasteiger partial charge in [-0.1, -0.05) is 19.6 Å². The molecule has 1 aromatic heterocycles. The molecule has 0 saturated carbocycles. The highest BCUT2D eigenvalue weighted by Crippen LogP contribution is 2.12. The molecule has 0 unspecified atom stereocenters. The molecule has 114 valence electrons. The second-order valence-corrected chi connectivity index (χ2v) is 11.4. The highest BCUT2D eigenvalue weighted by molar-refractivity contribution is 6.76. The second-order valence-electron chi connectivity index (χ2n) is 5.74. The van der Waals surface area contributed by atoms with Crippen molar-refractivity contribution in [3.05, 3.63) is 17.5 Å². The van der Waals surface area contributed by atoms with Crippen LogP contribution in [-0.2, 0) is 22.8 Å². The number of aromatic nitrogens is 2. The summed E-state index contributed by atoms with van der Waals surface area (Å²) in [6.07, 6.45) is 1.47. The normalized spacial score (nSPS) is 11.7. The van der Waals surface area contributed by atoms with E-state index >= 15 is 0 Å². The minimum absolute atomic E-state index is 0.193. The first-order valence-corrected chi connectivity index (χ1v) is 10.5. The molecule has 0 spiro atoms. The molecule has 0 radical (unpaired) electrons. The smallest absolute Gasteiger partial charge is 0.357 e. The lowest BCUT2D eigenvalue weighted by molar-refractivity contribution is 0.0451. The number of rotatable bonds is 8. The van der Waals surface area contributed by atoms with Crippen LogP contribution in [0.4, 0.5) is 0 Å². The van der Waals surface area contributed by atoms with Crippen LogP contribution in [0.25, 0.3) is 0 Å². The SMILES string of the molecule is CCOC(=O)c1c(CO)cnn1COCC[Si](C)(C)C. The Morgan fingerprint density at radius 2 is 2.15 bits per heavy atom. The third-order valence-electron chi connectivity index (χ3n) is 2.76. The fourth-order valence-corrected chi connectivity index (χ4v) is 2.36. The quantitative estimate of drug-likeness (QED) is 0.451. The van der Waals surface area contributed by atoms with Crippen molar-refractivity contribution in [2.45, 2.75) is 45.9 Å². The number of nitrogens with zero attached hydrogens (tertiary/aromatic N) is 2. The van der Waals surface area contributed by atoms with Crippen LogP contribution in [0.2, 0.25) is 25.7 Å². The molecule has 1 heterocycles. The molecule has 20 heavy (non-hydrogen) atoms. The van der Waals surface area contributed by atoms with Crippen molar-refractivity contribution in [3.8, 4) is 0 Å². The Morgan fingerprint density at radius 3 is 2.70 bits per heavy atom. The Morgan fingerprint density at radius 1 is 1.45 bits per heavy atom. The van der Waals surface area contributed by atoms with Crippen molar-refractivity contribution in [2.24, 2.45) is 0 Å². The third kappa shape index (κ3) is 5.07. The first-order chi connectivity index (χ1) is 9.39. The Balaban J connectivity index is 2.65. The summed E-state index contributed by atoms with van der Waals surface area (Å²) in [5, 5.41) is 13.3. The number of hydrogen-bond acceptors (Lipinski definition) is 5. The zero-order chi connectivity index (χ0) is 15.2. The van der Waals surface area contributed by atoms with Crippen LogP contribution in [0.5, 0.6) is 0 Å². The van der Waals surface area contributed by atoms with Crippen molar-refractivity contribution >= 4 is 14.0 Å². The number of aliphatic hydroxyl groups excluding tert-OH is 1. The maximum Gasteiger partial charge on any atom is 0.357 e. The predicted octanol–water partition coefficient (Wildman–Crippen LogP) is 1.86. The number of ether oxygens (including phenoxy) is 2. The van der Waals surface area contributed by atoms with Crippen molar-refractivity contribution in [1.82, 2.24) is 9.78 Å². The van der Waals surface area contributed by atoms with Gasteiger partial charge in [-0.05, 0) is 13.0 Å². The van der Waals surface area contributed by atoms with E-state index in [2.05, 4.69) is 24.7 Å². The molecule has 0 amide bonds. The van der Waals surface area contributed by atoms with Crippen molar-refractivity contribution in [2.75, 3.05) is 13.2 Å². The topological polar surface area (TPSA) is 73.6 Å². The average molecular weight is 300 g/mol. The van der Waals surface area contributed by atoms with Gasteiger partial charge in [-0.25, -0.2) is 9.48 Å². The third-order valence-corrected chi connectivity index (χ3v) is 4.47. The molecule has 1 aromatic rings. The van der Waals surface area contributed by atoms with Crippen LogP contribution in [-0.4, -0.2) is 42.1 Å². The molecule has 0 aromatic carbocycles. The van der Waals surface area contributed by atoms with Gasteiger partial charge in [-0.15, -0.1) is 0 Å². The van der Waals surface area contributed by atoms with Crippen LogP contribution < -0.4 is 0 Å². The van der Waals surface area contributed by atoms with Gasteiger partial charge in [0.1, 0.15) is 6.73 Å². The second kappa shape index (κ2) is 7.56. The number of esters is 1. The Kier molecular flexibility index (Phi) is 6.38. The van der Waals surface area contributed by atoms with Crippen LogP contribution >= 0.6 is 0 Å². The average Bonchev–Trinajstić information content (AvgIpc) is 2.76. The lowest BCUT2D eigenvalue weighted by Crippen LogP contribution is -2.23. The van der Waals surface area contributed by atoms with Crippen LogP contribution in [0.1, 0.15) is 23.0 Å². The first-order valence-electron chi connectivity index (χ1n) is 6.79. The fraction of sp³-hybridized carbons (Fsp3) is 0.692. The van der Waals surface area contributed by atoms with Crippen molar-refractivity contribution in [3.63, 3.8) is 0 Å². The van der Waals surface area contributed by atoms with E-state index in [4.69, 9.17) is 9.47 Å². The molecular weight excluding hydrogens is 276 g/mol. The molecule has 0 aliphatic carbocycles. The molecule has 1 N–H and O–H groups in total. The van der Waals surface area contributed by atoms with E-state index in [9.17, 15) is 9.90 Å². The molecule has 6 nitrogen and oxygen atoms in total. The van der Waals surface area contributed by atoms with Crippen LogP contribution in [0.3, 0.4) is 0 Å².